The number of amides is 1. The zero-order chi connectivity index (χ0) is 19.3. The number of halogens is 1. The summed E-state index contributed by atoms with van der Waals surface area (Å²) in [6.07, 6.45) is 0.671. The molecular formula is C19H23FN2O3S. The van der Waals surface area contributed by atoms with Gasteiger partial charge in [-0.3, -0.25) is 4.79 Å². The van der Waals surface area contributed by atoms with Gasteiger partial charge in [0.2, 0.25) is 15.9 Å². The van der Waals surface area contributed by atoms with Crippen molar-refractivity contribution in [1.82, 2.24) is 4.72 Å². The molecule has 2 N–H and O–H groups in total. The van der Waals surface area contributed by atoms with E-state index in [0.717, 1.165) is 11.1 Å². The van der Waals surface area contributed by atoms with Gasteiger partial charge in [0, 0.05) is 18.2 Å². The largest absolute Gasteiger partial charge is 0.326 e. The van der Waals surface area contributed by atoms with E-state index in [2.05, 4.69) is 10.0 Å². The first-order valence-electron chi connectivity index (χ1n) is 8.34. The van der Waals surface area contributed by atoms with Crippen molar-refractivity contribution in [3.8, 4) is 0 Å². The molecule has 0 aliphatic heterocycles. The number of carbonyl (C=O) groups excluding carboxylic acids is 1. The fourth-order valence-corrected chi connectivity index (χ4v) is 3.66. The Hall–Kier alpha value is -2.25. The third kappa shape index (κ3) is 5.64. The number of hydrogen-bond donors (Lipinski definition) is 2. The van der Waals surface area contributed by atoms with Gasteiger partial charge in [0.05, 0.1) is 4.90 Å². The number of carbonyl (C=O) groups is 1. The third-order valence-corrected chi connectivity index (χ3v) is 5.41. The lowest BCUT2D eigenvalue weighted by Crippen LogP contribution is -2.30. The van der Waals surface area contributed by atoms with Gasteiger partial charge >= 0.3 is 0 Å². The van der Waals surface area contributed by atoms with Crippen molar-refractivity contribution in [2.45, 2.75) is 44.6 Å². The summed E-state index contributed by atoms with van der Waals surface area (Å²) in [6, 6.07) is 10.5. The normalized spacial score (nSPS) is 11.6. The summed E-state index contributed by atoms with van der Waals surface area (Å²) in [5.41, 5.74) is 2.09. The molecule has 0 saturated carbocycles. The van der Waals surface area contributed by atoms with Crippen LogP contribution < -0.4 is 10.0 Å². The van der Waals surface area contributed by atoms with Gasteiger partial charge in [-0.15, -0.1) is 0 Å². The second kappa shape index (κ2) is 8.42. The van der Waals surface area contributed by atoms with Crippen LogP contribution in [0, 0.1) is 12.7 Å². The molecular weight excluding hydrogens is 355 g/mol. The lowest BCUT2D eigenvalue weighted by atomic mass is 10.1. The van der Waals surface area contributed by atoms with E-state index in [1.54, 1.807) is 39.0 Å². The Morgan fingerprint density at radius 3 is 2.38 bits per heavy atom. The number of rotatable bonds is 7. The van der Waals surface area contributed by atoms with Crippen molar-refractivity contribution in [2.75, 3.05) is 5.32 Å². The Labute approximate surface area is 153 Å². The van der Waals surface area contributed by atoms with E-state index in [1.807, 2.05) is 0 Å². The summed E-state index contributed by atoms with van der Waals surface area (Å²) in [5, 5.41) is 2.69. The highest BCUT2D eigenvalue weighted by Gasteiger charge is 2.15. The lowest BCUT2D eigenvalue weighted by molar-refractivity contribution is -0.116. The summed E-state index contributed by atoms with van der Waals surface area (Å²) < 4.78 is 39.9. The molecule has 0 aromatic heterocycles. The Bertz CT molecular complexity index is 878. The highest BCUT2D eigenvalue weighted by molar-refractivity contribution is 7.89. The Balaban J connectivity index is 1.95. The quantitative estimate of drug-likeness (QED) is 0.775. The van der Waals surface area contributed by atoms with Crippen LogP contribution in [0.4, 0.5) is 10.1 Å². The van der Waals surface area contributed by atoms with Crippen molar-refractivity contribution < 1.29 is 17.6 Å². The Morgan fingerprint density at radius 2 is 1.77 bits per heavy atom. The number of nitrogens with one attached hydrogen (secondary N) is 2. The van der Waals surface area contributed by atoms with Crippen molar-refractivity contribution in [3.63, 3.8) is 0 Å². The predicted molar refractivity (Wildman–Crippen MR) is 100.0 cm³/mol. The van der Waals surface area contributed by atoms with Crippen molar-refractivity contribution in [1.29, 1.82) is 0 Å². The van der Waals surface area contributed by atoms with E-state index in [-0.39, 0.29) is 23.3 Å². The lowest BCUT2D eigenvalue weighted by Gasteiger charge is -2.10. The van der Waals surface area contributed by atoms with E-state index >= 15 is 0 Å². The summed E-state index contributed by atoms with van der Waals surface area (Å²) in [7, 11) is -3.52. The minimum Gasteiger partial charge on any atom is -0.326 e. The average molecular weight is 378 g/mol. The van der Waals surface area contributed by atoms with Crippen LogP contribution in [0.1, 0.15) is 31.4 Å². The van der Waals surface area contributed by atoms with E-state index in [9.17, 15) is 17.6 Å². The summed E-state index contributed by atoms with van der Waals surface area (Å²) in [4.78, 5) is 12.2. The molecule has 5 nitrogen and oxygen atoms in total. The fourth-order valence-electron chi connectivity index (χ4n) is 2.41. The summed E-state index contributed by atoms with van der Waals surface area (Å²) in [6.45, 7) is 5.30. The molecule has 0 unspecified atom stereocenters. The molecule has 2 aromatic carbocycles. The maximum atomic E-state index is 13.3. The van der Waals surface area contributed by atoms with Crippen molar-refractivity contribution in [2.24, 2.45) is 0 Å². The summed E-state index contributed by atoms with van der Waals surface area (Å²) >= 11 is 0. The second-order valence-electron chi connectivity index (χ2n) is 6.43. The van der Waals surface area contributed by atoms with Crippen LogP contribution in [0.15, 0.2) is 47.4 Å². The molecule has 0 bridgehead atoms. The molecule has 140 valence electrons. The highest BCUT2D eigenvalue weighted by Crippen LogP contribution is 2.17. The molecule has 2 aromatic rings. The smallest absolute Gasteiger partial charge is 0.240 e. The molecule has 0 aliphatic carbocycles. The first-order chi connectivity index (χ1) is 12.2. The Kier molecular flexibility index (Phi) is 6.50. The van der Waals surface area contributed by atoms with Gasteiger partial charge < -0.3 is 5.32 Å². The van der Waals surface area contributed by atoms with Gasteiger partial charge in [-0.25, -0.2) is 17.5 Å². The first-order valence-corrected chi connectivity index (χ1v) is 9.83. The molecule has 2 rings (SSSR count). The van der Waals surface area contributed by atoms with Gasteiger partial charge in [-0.2, -0.15) is 0 Å². The van der Waals surface area contributed by atoms with Gasteiger partial charge in [0.1, 0.15) is 5.82 Å². The molecule has 7 heteroatoms. The van der Waals surface area contributed by atoms with Crippen LogP contribution in [0.25, 0.3) is 0 Å². The van der Waals surface area contributed by atoms with E-state index in [4.69, 9.17) is 0 Å². The van der Waals surface area contributed by atoms with Crippen molar-refractivity contribution in [3.05, 3.63) is 59.4 Å². The zero-order valence-electron chi connectivity index (χ0n) is 15.0. The molecule has 0 heterocycles. The minimum absolute atomic E-state index is 0.186. The number of anilines is 1. The molecule has 1 amide bonds. The Morgan fingerprint density at radius 1 is 1.12 bits per heavy atom. The number of hydrogen-bond acceptors (Lipinski definition) is 3. The minimum atomic E-state index is -3.52. The van der Waals surface area contributed by atoms with Gasteiger partial charge in [-0.05, 0) is 62.6 Å². The second-order valence-corrected chi connectivity index (χ2v) is 8.14. The number of aryl methyl sites for hydroxylation is 2. The van der Waals surface area contributed by atoms with Crippen LogP contribution >= 0.6 is 0 Å². The monoisotopic (exact) mass is 378 g/mol. The molecule has 0 radical (unpaired) electrons. The van der Waals surface area contributed by atoms with Crippen LogP contribution in [0.5, 0.6) is 0 Å². The molecule has 0 atom stereocenters. The zero-order valence-corrected chi connectivity index (χ0v) is 15.9. The number of sulfonamides is 1. The molecule has 26 heavy (non-hydrogen) atoms. The highest BCUT2D eigenvalue weighted by atomic mass is 32.2. The van der Waals surface area contributed by atoms with Crippen LogP contribution in [-0.4, -0.2) is 20.4 Å². The third-order valence-electron chi connectivity index (χ3n) is 3.74. The maximum absolute atomic E-state index is 13.3. The molecule has 0 fully saturated rings. The molecule has 0 aliphatic rings. The SMILES string of the molecule is Cc1ccc(F)cc1NC(=O)CCc1ccc(S(=O)(=O)NC(C)C)cc1. The molecule has 0 saturated heterocycles. The molecule has 0 spiro atoms. The van der Waals surface area contributed by atoms with E-state index < -0.39 is 15.8 Å². The standard InChI is InChI=1S/C19H23FN2O3S/c1-13(2)22-26(24,25)17-9-5-15(6-10-17)7-11-19(23)21-18-12-16(20)8-4-14(18)3/h4-6,8-10,12-13,22H,7,11H2,1-3H3,(H,21,23). The van der Waals surface area contributed by atoms with Gasteiger partial charge in [0.25, 0.3) is 0 Å². The van der Waals surface area contributed by atoms with Gasteiger partial charge in [0.15, 0.2) is 0 Å². The number of benzene rings is 2. The van der Waals surface area contributed by atoms with Crippen molar-refractivity contribution >= 4 is 21.6 Å². The van der Waals surface area contributed by atoms with E-state index in [0.29, 0.717) is 12.1 Å². The topological polar surface area (TPSA) is 75.3 Å². The first kappa shape index (κ1) is 20.1. The predicted octanol–water partition coefficient (Wildman–Crippen LogP) is 3.39. The van der Waals surface area contributed by atoms with Gasteiger partial charge in [-0.1, -0.05) is 18.2 Å². The fraction of sp³-hybridized carbons (Fsp3) is 0.316. The van der Waals surface area contributed by atoms with Crippen LogP contribution in [0.3, 0.4) is 0 Å². The maximum Gasteiger partial charge on any atom is 0.240 e. The van der Waals surface area contributed by atoms with E-state index in [1.165, 1.54) is 24.3 Å². The summed E-state index contributed by atoms with van der Waals surface area (Å²) in [5.74, 6) is -0.630. The average Bonchev–Trinajstić information content (AvgIpc) is 2.55. The van der Waals surface area contributed by atoms with Crippen LogP contribution in [-0.2, 0) is 21.2 Å². The van der Waals surface area contributed by atoms with Crippen LogP contribution in [0.2, 0.25) is 0 Å².